The second-order valence-corrected chi connectivity index (χ2v) is 11.5. The van der Waals surface area contributed by atoms with Crippen molar-refractivity contribution in [3.8, 4) is 22.5 Å². The minimum atomic E-state index is 0.00460. The second kappa shape index (κ2) is 9.68. The molecule has 40 heavy (non-hydrogen) atoms. The maximum absolute atomic E-state index is 13.8. The molecule has 2 aliphatic carbocycles. The predicted octanol–water partition coefficient (Wildman–Crippen LogP) is 5.97. The molecule has 8 nitrogen and oxygen atoms in total. The lowest BCUT2D eigenvalue weighted by molar-refractivity contribution is 0.0995. The number of carbonyl (C=O) groups is 1. The van der Waals surface area contributed by atoms with Gasteiger partial charge in [-0.1, -0.05) is 24.3 Å². The molecular weight excluding hydrogens is 498 g/mol. The largest absolute Gasteiger partial charge is 0.317 e. The molecule has 0 N–H and O–H groups in total. The molecule has 2 saturated carbocycles. The van der Waals surface area contributed by atoms with Gasteiger partial charge in [0.05, 0.1) is 13.1 Å². The summed E-state index contributed by atoms with van der Waals surface area (Å²) in [6, 6.07) is 16.1. The Morgan fingerprint density at radius 2 is 1.88 bits per heavy atom. The van der Waals surface area contributed by atoms with E-state index in [4.69, 9.17) is 11.6 Å². The molecule has 0 bridgehead atoms. The summed E-state index contributed by atoms with van der Waals surface area (Å²) in [4.78, 5) is 26.6. The predicted molar refractivity (Wildman–Crippen MR) is 154 cm³/mol. The Labute approximate surface area is 234 Å². The van der Waals surface area contributed by atoms with Gasteiger partial charge in [-0.15, -0.1) is 10.2 Å². The van der Waals surface area contributed by atoms with Gasteiger partial charge in [-0.3, -0.25) is 9.69 Å². The zero-order valence-electron chi connectivity index (χ0n) is 22.8. The first-order chi connectivity index (χ1) is 19.5. The average molecular weight is 530 g/mol. The summed E-state index contributed by atoms with van der Waals surface area (Å²) in [5.41, 5.74) is 7.29. The van der Waals surface area contributed by atoms with Gasteiger partial charge in [0, 0.05) is 42.9 Å². The number of amides is 1. The lowest BCUT2D eigenvalue weighted by atomic mass is 9.97. The third-order valence-electron chi connectivity index (χ3n) is 8.20. The van der Waals surface area contributed by atoms with Crippen LogP contribution < -0.4 is 4.90 Å². The first kappa shape index (κ1) is 24.7. The fraction of sp³-hybridized carbons (Fsp3) is 0.344. The zero-order chi connectivity index (χ0) is 27.4. The summed E-state index contributed by atoms with van der Waals surface area (Å²) in [6.45, 7) is 10.0. The van der Waals surface area contributed by atoms with Crippen molar-refractivity contribution in [2.75, 3.05) is 18.5 Å². The Morgan fingerprint density at radius 1 is 1.02 bits per heavy atom. The van der Waals surface area contributed by atoms with E-state index >= 15 is 0 Å². The van der Waals surface area contributed by atoms with Crippen molar-refractivity contribution < 1.29 is 4.79 Å². The molecule has 1 amide bonds. The number of hydrogen-bond donors (Lipinski definition) is 0. The number of nitrogens with zero attached hydrogens (tertiary/aromatic N) is 7. The van der Waals surface area contributed by atoms with E-state index in [2.05, 4.69) is 51.3 Å². The number of aromatic nitrogens is 4. The molecule has 1 aliphatic heterocycles. The first-order valence-corrected chi connectivity index (χ1v) is 14.0. The highest BCUT2D eigenvalue weighted by molar-refractivity contribution is 6.10. The summed E-state index contributed by atoms with van der Waals surface area (Å²) in [6.07, 6.45) is 6.54. The molecule has 4 aromatic rings. The molecule has 0 radical (unpaired) electrons. The number of pyridine rings is 1. The minimum Gasteiger partial charge on any atom is -0.317 e. The van der Waals surface area contributed by atoms with Gasteiger partial charge >= 0.3 is 0 Å². The van der Waals surface area contributed by atoms with Crippen LogP contribution in [0.5, 0.6) is 0 Å². The number of fused-ring (bicyclic) bond motifs is 1. The minimum absolute atomic E-state index is 0.00460. The summed E-state index contributed by atoms with van der Waals surface area (Å²) < 4.78 is 1.86. The molecule has 3 heterocycles. The van der Waals surface area contributed by atoms with E-state index in [1.54, 1.807) is 6.33 Å². The van der Waals surface area contributed by atoms with Gasteiger partial charge in [0.1, 0.15) is 12.1 Å². The van der Waals surface area contributed by atoms with Crippen LogP contribution in [0.2, 0.25) is 0 Å². The van der Waals surface area contributed by atoms with Crippen molar-refractivity contribution >= 4 is 17.4 Å². The molecule has 3 aliphatic rings. The molecule has 200 valence electrons. The van der Waals surface area contributed by atoms with E-state index in [-0.39, 0.29) is 5.91 Å². The molecule has 2 aromatic carbocycles. The lowest BCUT2D eigenvalue weighted by Crippen LogP contribution is -2.24. The number of benzene rings is 2. The second-order valence-electron chi connectivity index (χ2n) is 11.5. The van der Waals surface area contributed by atoms with Crippen LogP contribution in [-0.4, -0.2) is 44.1 Å². The fourth-order valence-corrected chi connectivity index (χ4v) is 5.73. The van der Waals surface area contributed by atoms with Crippen molar-refractivity contribution in [1.29, 1.82) is 0 Å². The molecule has 0 spiro atoms. The van der Waals surface area contributed by atoms with Crippen molar-refractivity contribution in [2.24, 2.45) is 13.0 Å². The van der Waals surface area contributed by atoms with E-state index in [1.165, 1.54) is 18.4 Å². The van der Waals surface area contributed by atoms with E-state index < -0.39 is 0 Å². The first-order valence-electron chi connectivity index (χ1n) is 14.0. The van der Waals surface area contributed by atoms with Crippen molar-refractivity contribution in [3.05, 3.63) is 88.7 Å². The van der Waals surface area contributed by atoms with Crippen molar-refractivity contribution in [3.63, 3.8) is 0 Å². The smallest absolute Gasteiger partial charge is 0.260 e. The maximum atomic E-state index is 13.8. The molecule has 8 heteroatoms. The lowest BCUT2D eigenvalue weighted by Gasteiger charge is -2.18. The summed E-state index contributed by atoms with van der Waals surface area (Å²) in [5, 5.41) is 8.40. The van der Waals surface area contributed by atoms with Crippen molar-refractivity contribution in [1.82, 2.24) is 24.6 Å². The van der Waals surface area contributed by atoms with Crippen LogP contribution in [0.15, 0.2) is 54.9 Å². The Bertz CT molecular complexity index is 1680. The van der Waals surface area contributed by atoms with Crippen LogP contribution in [0.3, 0.4) is 0 Å². The number of rotatable bonds is 8. The van der Waals surface area contributed by atoms with Gasteiger partial charge in [-0.05, 0) is 85.2 Å². The summed E-state index contributed by atoms with van der Waals surface area (Å²) >= 11 is 0. The highest BCUT2D eigenvalue weighted by Gasteiger charge is 2.33. The van der Waals surface area contributed by atoms with Gasteiger partial charge in [0.15, 0.2) is 11.5 Å². The standard InChI is InChI=1S/C32H31N7O/c1-33-25-10-11-26(28(15-25)31-36-34-19-38(31)3)24-13-29(22-8-9-22)35-30(14-24)39-18-23-7-6-21(12-27(23)32(39)40)17-37(2)16-20-4-5-20/h6-7,10-15,19-20,22H,4-5,8-9,16-18H2,2-3H3. The van der Waals surface area contributed by atoms with Gasteiger partial charge in [-0.25, -0.2) is 9.83 Å². The summed E-state index contributed by atoms with van der Waals surface area (Å²) in [5.74, 6) is 2.61. The normalized spacial score (nSPS) is 16.4. The third-order valence-corrected chi connectivity index (χ3v) is 8.20. The van der Waals surface area contributed by atoms with Crippen LogP contribution in [0.25, 0.3) is 27.4 Å². The van der Waals surface area contributed by atoms with Crippen LogP contribution in [0.1, 0.15) is 58.8 Å². The van der Waals surface area contributed by atoms with Crippen LogP contribution in [0, 0.1) is 12.5 Å². The number of carbonyl (C=O) groups excluding carboxylic acids is 1. The molecule has 0 atom stereocenters. The van der Waals surface area contributed by atoms with Crippen LogP contribution in [0.4, 0.5) is 11.5 Å². The average Bonchev–Trinajstić information content (AvgIpc) is 3.90. The molecule has 2 aromatic heterocycles. The summed E-state index contributed by atoms with van der Waals surface area (Å²) in [7, 11) is 4.06. The van der Waals surface area contributed by atoms with Gasteiger partial charge in [0.2, 0.25) is 0 Å². The van der Waals surface area contributed by atoms with E-state index in [0.717, 1.165) is 65.4 Å². The Morgan fingerprint density at radius 3 is 2.60 bits per heavy atom. The molecule has 2 fully saturated rings. The Balaban J connectivity index is 1.25. The quantitative estimate of drug-likeness (QED) is 0.263. The Hall–Kier alpha value is -4.35. The number of aryl methyl sites for hydroxylation is 1. The molecule has 0 saturated heterocycles. The third kappa shape index (κ3) is 4.67. The maximum Gasteiger partial charge on any atom is 0.260 e. The number of hydrogen-bond acceptors (Lipinski definition) is 5. The van der Waals surface area contributed by atoms with Crippen molar-refractivity contribution in [2.45, 2.75) is 44.7 Å². The SMILES string of the molecule is [C-]#[N+]c1ccc(-c2cc(C3CC3)nc(N3Cc4ccc(CN(C)CC5CC5)cc4C3=O)c2)c(-c2nncn2C)c1. The molecule has 7 rings (SSSR count). The van der Waals surface area contributed by atoms with Crippen LogP contribution in [-0.2, 0) is 20.1 Å². The van der Waals surface area contributed by atoms with E-state index in [1.807, 2.05) is 40.8 Å². The highest BCUT2D eigenvalue weighted by atomic mass is 16.2. The van der Waals surface area contributed by atoms with Gasteiger partial charge < -0.3 is 9.47 Å². The zero-order valence-corrected chi connectivity index (χ0v) is 22.8. The highest BCUT2D eigenvalue weighted by Crippen LogP contribution is 2.43. The Kier molecular flexibility index (Phi) is 5.97. The van der Waals surface area contributed by atoms with Crippen LogP contribution >= 0.6 is 0 Å². The van der Waals surface area contributed by atoms with Gasteiger partial charge in [0.25, 0.3) is 5.91 Å². The van der Waals surface area contributed by atoms with E-state index in [0.29, 0.717) is 29.8 Å². The van der Waals surface area contributed by atoms with Gasteiger partial charge in [-0.2, -0.15) is 0 Å². The monoisotopic (exact) mass is 529 g/mol. The molecular formula is C32H31N7O. The molecule has 0 unspecified atom stereocenters. The number of anilines is 1. The fourth-order valence-electron chi connectivity index (χ4n) is 5.73. The van der Waals surface area contributed by atoms with E-state index in [9.17, 15) is 4.79 Å². The topological polar surface area (TPSA) is 71.5 Å².